The van der Waals surface area contributed by atoms with E-state index >= 15 is 0 Å². The largest absolute Gasteiger partial charge is 0.396 e. The third-order valence-electron chi connectivity index (χ3n) is 1.81. The summed E-state index contributed by atoms with van der Waals surface area (Å²) < 4.78 is 0. The van der Waals surface area contributed by atoms with Crippen LogP contribution < -0.4 is 0 Å². The first-order valence-corrected chi connectivity index (χ1v) is 5.53. The minimum atomic E-state index is 0.0694. The molecule has 0 aliphatic heterocycles. The van der Waals surface area contributed by atoms with Crippen molar-refractivity contribution in [3.63, 3.8) is 0 Å². The van der Waals surface area contributed by atoms with Gasteiger partial charge in [0.1, 0.15) is 0 Å². The van der Waals surface area contributed by atoms with E-state index in [1.54, 1.807) is 4.90 Å². The van der Waals surface area contributed by atoms with Crippen molar-refractivity contribution in [1.29, 1.82) is 0 Å². The summed E-state index contributed by atoms with van der Waals surface area (Å²) in [5, 5.41) is 41.6. The number of rotatable bonds is 9. The number of aliphatic hydroxyl groups excluding tert-OH is 5. The predicted octanol–water partition coefficient (Wildman–Crippen LogP) is -1.98. The molecule has 0 bridgehead atoms. The molecule has 0 spiro atoms. The Hall–Kier alpha value is -0.240. The third kappa shape index (κ3) is 16.2. The highest BCUT2D eigenvalue weighted by Gasteiger charge is 2.00. The fraction of sp³-hybridized carbons (Fsp3) is 1.00. The molecule has 0 saturated heterocycles. The van der Waals surface area contributed by atoms with E-state index in [1.807, 2.05) is 0 Å². The van der Waals surface area contributed by atoms with Crippen LogP contribution in [0.15, 0.2) is 0 Å². The van der Waals surface area contributed by atoms with Gasteiger partial charge in [-0.05, 0) is 12.8 Å². The smallest absolute Gasteiger partial charge is 0.0558 e. The van der Waals surface area contributed by atoms with Crippen LogP contribution in [0.4, 0.5) is 0 Å². The van der Waals surface area contributed by atoms with Crippen LogP contribution in [-0.2, 0) is 0 Å². The van der Waals surface area contributed by atoms with E-state index in [2.05, 4.69) is 0 Å². The first-order valence-electron chi connectivity index (χ1n) is 5.53. The second kappa shape index (κ2) is 17.2. The zero-order valence-corrected chi connectivity index (χ0v) is 9.75. The van der Waals surface area contributed by atoms with Gasteiger partial charge in [-0.3, -0.25) is 4.90 Å². The molecule has 0 aliphatic rings. The molecule has 0 amide bonds. The molecule has 0 fully saturated rings. The maximum absolute atomic E-state index is 8.48. The highest BCUT2D eigenvalue weighted by Crippen LogP contribution is 1.84. The zero-order chi connectivity index (χ0) is 12.6. The standard InChI is InChI=1S/C6H15NO3.C4H10O2/c8-4-1-7(2-5-9)3-6-10;5-3-1-2-4-6/h8-10H,1-6H2;5-6H,1-4H2. The lowest BCUT2D eigenvalue weighted by Crippen LogP contribution is -2.32. The van der Waals surface area contributed by atoms with Gasteiger partial charge >= 0.3 is 0 Å². The first kappa shape index (κ1) is 18.1. The molecule has 0 atom stereocenters. The Morgan fingerprint density at radius 3 is 1.00 bits per heavy atom. The minimum Gasteiger partial charge on any atom is -0.396 e. The molecule has 0 rings (SSSR count). The average Bonchev–Trinajstić information content (AvgIpc) is 2.28. The lowest BCUT2D eigenvalue weighted by molar-refractivity contribution is 0.136. The number of hydrogen-bond acceptors (Lipinski definition) is 6. The maximum atomic E-state index is 8.48. The SMILES string of the molecule is OCCCCO.OCCN(CCO)CCO. The molecule has 5 N–H and O–H groups in total. The lowest BCUT2D eigenvalue weighted by atomic mass is 10.3. The third-order valence-corrected chi connectivity index (χ3v) is 1.81. The quantitative estimate of drug-likeness (QED) is 0.299. The van der Waals surface area contributed by atoms with Crippen LogP contribution in [-0.4, -0.2) is 83.1 Å². The van der Waals surface area contributed by atoms with Crippen LogP contribution in [0.5, 0.6) is 0 Å². The molecular formula is C10H25NO5. The zero-order valence-electron chi connectivity index (χ0n) is 9.75. The number of unbranched alkanes of at least 4 members (excludes halogenated alkanes) is 1. The second-order valence-corrected chi connectivity index (χ2v) is 3.17. The Balaban J connectivity index is 0. The van der Waals surface area contributed by atoms with E-state index in [1.165, 1.54) is 0 Å². The molecule has 6 nitrogen and oxygen atoms in total. The molecule has 0 aliphatic carbocycles. The van der Waals surface area contributed by atoms with Crippen molar-refractivity contribution in [2.24, 2.45) is 0 Å². The maximum Gasteiger partial charge on any atom is 0.0558 e. The van der Waals surface area contributed by atoms with Crippen LogP contribution in [0.2, 0.25) is 0 Å². The molecule has 0 aromatic heterocycles. The van der Waals surface area contributed by atoms with Gasteiger partial charge in [0.2, 0.25) is 0 Å². The summed E-state index contributed by atoms with van der Waals surface area (Å²) in [5.74, 6) is 0. The Morgan fingerprint density at radius 1 is 0.500 bits per heavy atom. The van der Waals surface area contributed by atoms with Crippen LogP contribution in [0.25, 0.3) is 0 Å². The van der Waals surface area contributed by atoms with E-state index in [0.29, 0.717) is 19.6 Å². The molecule has 0 aromatic carbocycles. The van der Waals surface area contributed by atoms with Gasteiger partial charge in [0.05, 0.1) is 19.8 Å². The summed E-state index contributed by atoms with van der Waals surface area (Å²) in [5.41, 5.74) is 0. The molecule has 0 saturated carbocycles. The normalized spacial score (nSPS) is 10.1. The fourth-order valence-electron chi connectivity index (χ4n) is 0.983. The Kier molecular flexibility index (Phi) is 19.5. The van der Waals surface area contributed by atoms with Gasteiger partial charge in [-0.25, -0.2) is 0 Å². The van der Waals surface area contributed by atoms with Crippen molar-refractivity contribution in [2.75, 3.05) is 52.7 Å². The number of aliphatic hydroxyl groups is 5. The Labute approximate surface area is 96.8 Å². The molecule has 0 unspecified atom stereocenters. The lowest BCUT2D eigenvalue weighted by Gasteiger charge is -2.17. The Bertz CT molecular complexity index is 97.1. The molecule has 0 heterocycles. The highest BCUT2D eigenvalue weighted by atomic mass is 16.3. The van der Waals surface area contributed by atoms with Crippen LogP contribution in [0, 0.1) is 0 Å². The van der Waals surface area contributed by atoms with Crippen molar-refractivity contribution in [1.82, 2.24) is 4.90 Å². The molecule has 16 heavy (non-hydrogen) atoms. The fourth-order valence-corrected chi connectivity index (χ4v) is 0.983. The summed E-state index contributed by atoms with van der Waals surface area (Å²) in [6, 6.07) is 0. The van der Waals surface area contributed by atoms with E-state index < -0.39 is 0 Å². The minimum absolute atomic E-state index is 0.0694. The van der Waals surface area contributed by atoms with Crippen molar-refractivity contribution in [2.45, 2.75) is 12.8 Å². The van der Waals surface area contributed by atoms with E-state index in [4.69, 9.17) is 25.5 Å². The summed E-state index contributed by atoms with van der Waals surface area (Å²) in [6.07, 6.45) is 1.44. The monoisotopic (exact) mass is 239 g/mol. The Morgan fingerprint density at radius 2 is 0.812 bits per heavy atom. The molecule has 0 aromatic rings. The van der Waals surface area contributed by atoms with E-state index in [0.717, 1.165) is 12.8 Å². The summed E-state index contributed by atoms with van der Waals surface area (Å²) in [6.45, 7) is 2.14. The van der Waals surface area contributed by atoms with Crippen molar-refractivity contribution >= 4 is 0 Å². The first-order chi connectivity index (χ1) is 7.76. The van der Waals surface area contributed by atoms with Crippen LogP contribution in [0.3, 0.4) is 0 Å². The van der Waals surface area contributed by atoms with E-state index in [-0.39, 0.29) is 33.0 Å². The summed E-state index contributed by atoms with van der Waals surface area (Å²) in [7, 11) is 0. The summed E-state index contributed by atoms with van der Waals surface area (Å²) in [4.78, 5) is 1.79. The van der Waals surface area contributed by atoms with Gasteiger partial charge in [0.15, 0.2) is 0 Å². The molecule has 0 radical (unpaired) electrons. The van der Waals surface area contributed by atoms with Crippen molar-refractivity contribution in [3.8, 4) is 0 Å². The van der Waals surface area contributed by atoms with Crippen molar-refractivity contribution in [3.05, 3.63) is 0 Å². The predicted molar refractivity (Wildman–Crippen MR) is 61.1 cm³/mol. The van der Waals surface area contributed by atoms with Gasteiger partial charge in [-0.2, -0.15) is 0 Å². The molecule has 6 heteroatoms. The van der Waals surface area contributed by atoms with Gasteiger partial charge in [0, 0.05) is 32.8 Å². The van der Waals surface area contributed by atoms with E-state index in [9.17, 15) is 0 Å². The van der Waals surface area contributed by atoms with Crippen LogP contribution >= 0.6 is 0 Å². The molecular weight excluding hydrogens is 214 g/mol. The highest BCUT2D eigenvalue weighted by molar-refractivity contribution is 4.54. The van der Waals surface area contributed by atoms with Gasteiger partial charge in [0.25, 0.3) is 0 Å². The number of hydrogen-bond donors (Lipinski definition) is 5. The van der Waals surface area contributed by atoms with Gasteiger partial charge < -0.3 is 25.5 Å². The second-order valence-electron chi connectivity index (χ2n) is 3.17. The average molecular weight is 239 g/mol. The summed E-state index contributed by atoms with van der Waals surface area (Å²) >= 11 is 0. The van der Waals surface area contributed by atoms with Gasteiger partial charge in [-0.15, -0.1) is 0 Å². The van der Waals surface area contributed by atoms with Crippen molar-refractivity contribution < 1.29 is 25.5 Å². The van der Waals surface area contributed by atoms with Gasteiger partial charge in [-0.1, -0.05) is 0 Å². The van der Waals surface area contributed by atoms with Crippen LogP contribution in [0.1, 0.15) is 12.8 Å². The molecule has 100 valence electrons. The number of nitrogens with zero attached hydrogens (tertiary/aromatic N) is 1. The topological polar surface area (TPSA) is 104 Å².